The number of rotatable bonds is 4. The molecule has 1 aliphatic carbocycles. The summed E-state index contributed by atoms with van der Waals surface area (Å²) in [6.45, 7) is 2.07. The molecule has 0 atom stereocenters. The van der Waals surface area contributed by atoms with Crippen molar-refractivity contribution in [3.05, 3.63) is 0 Å². The second-order valence-corrected chi connectivity index (χ2v) is 3.76. The van der Waals surface area contributed by atoms with Crippen LogP contribution in [0.5, 0.6) is 0 Å². The van der Waals surface area contributed by atoms with Crippen LogP contribution in [0.2, 0.25) is 0 Å². The van der Waals surface area contributed by atoms with Crippen LogP contribution in [-0.2, 0) is 9.53 Å². The molecule has 0 saturated heterocycles. The Kier molecular flexibility index (Phi) is 4.22. The summed E-state index contributed by atoms with van der Waals surface area (Å²) in [4.78, 5) is 10.2. The molecule has 1 aliphatic rings. The van der Waals surface area contributed by atoms with Crippen molar-refractivity contribution in [3.63, 3.8) is 0 Å². The van der Waals surface area contributed by atoms with Gasteiger partial charge in [-0.3, -0.25) is 0 Å². The van der Waals surface area contributed by atoms with E-state index in [0.29, 0.717) is 0 Å². The van der Waals surface area contributed by atoms with Gasteiger partial charge in [-0.15, -0.1) is 0 Å². The Morgan fingerprint density at radius 3 is 2.46 bits per heavy atom. The van der Waals surface area contributed by atoms with Gasteiger partial charge in [-0.25, -0.2) is 4.79 Å². The van der Waals surface area contributed by atoms with Crippen LogP contribution < -0.4 is 0 Å². The van der Waals surface area contributed by atoms with E-state index >= 15 is 0 Å². The van der Waals surface area contributed by atoms with Crippen molar-refractivity contribution in [2.45, 2.75) is 45.1 Å². The molecule has 0 bridgehead atoms. The Bertz CT molecular complexity index is 160. The van der Waals surface area contributed by atoms with Crippen LogP contribution in [0.25, 0.3) is 0 Å². The molecule has 13 heavy (non-hydrogen) atoms. The number of ether oxygens (including phenoxy) is 1. The fourth-order valence-corrected chi connectivity index (χ4v) is 1.90. The highest BCUT2D eigenvalue weighted by Gasteiger charge is 2.20. The summed E-state index contributed by atoms with van der Waals surface area (Å²) in [6, 6.07) is 0. The van der Waals surface area contributed by atoms with Gasteiger partial charge >= 0.3 is 5.97 Å². The second-order valence-electron chi connectivity index (χ2n) is 3.76. The number of carboxylic acid groups (broad SMARTS) is 1. The van der Waals surface area contributed by atoms with E-state index in [9.17, 15) is 4.79 Å². The highest BCUT2D eigenvalue weighted by molar-refractivity contribution is 5.68. The van der Waals surface area contributed by atoms with Crippen LogP contribution in [0.1, 0.15) is 39.0 Å². The van der Waals surface area contributed by atoms with E-state index in [1.54, 1.807) is 0 Å². The lowest BCUT2D eigenvalue weighted by atomic mass is 9.86. The van der Waals surface area contributed by atoms with Crippen molar-refractivity contribution in [2.75, 3.05) is 6.61 Å². The van der Waals surface area contributed by atoms with Gasteiger partial charge in [-0.1, -0.05) is 13.3 Å². The molecule has 0 heterocycles. The maximum absolute atomic E-state index is 10.2. The molecule has 1 rings (SSSR count). The zero-order chi connectivity index (χ0) is 9.68. The summed E-state index contributed by atoms with van der Waals surface area (Å²) < 4.78 is 5.24. The monoisotopic (exact) mass is 186 g/mol. The molecule has 0 aromatic carbocycles. The third kappa shape index (κ3) is 3.77. The molecule has 0 aromatic heterocycles. The maximum Gasteiger partial charge on any atom is 0.329 e. The Hall–Kier alpha value is -0.570. The molecule has 1 fully saturated rings. The predicted octanol–water partition coefficient (Wildman–Crippen LogP) is 2.06. The van der Waals surface area contributed by atoms with Crippen LogP contribution in [0.3, 0.4) is 0 Å². The summed E-state index contributed by atoms with van der Waals surface area (Å²) in [5.74, 6) is -0.0257. The van der Waals surface area contributed by atoms with Crippen LogP contribution in [0, 0.1) is 5.92 Å². The van der Waals surface area contributed by atoms with E-state index in [1.165, 1.54) is 19.3 Å². The standard InChI is InChI=1S/C10H18O3/c1-2-8-3-5-9(6-4-8)13-7-10(11)12/h8-9H,2-7H2,1H3,(H,11,12). The van der Waals surface area contributed by atoms with Crippen molar-refractivity contribution in [2.24, 2.45) is 5.92 Å². The number of aliphatic carboxylic acids is 1. The minimum atomic E-state index is -0.863. The van der Waals surface area contributed by atoms with E-state index < -0.39 is 5.97 Å². The number of hydrogen-bond donors (Lipinski definition) is 1. The van der Waals surface area contributed by atoms with Crippen molar-refractivity contribution in [1.82, 2.24) is 0 Å². The average Bonchev–Trinajstić information content (AvgIpc) is 2.15. The largest absolute Gasteiger partial charge is 0.480 e. The van der Waals surface area contributed by atoms with Gasteiger partial charge in [0.15, 0.2) is 0 Å². The first-order valence-corrected chi connectivity index (χ1v) is 5.05. The highest BCUT2D eigenvalue weighted by Crippen LogP contribution is 2.27. The van der Waals surface area contributed by atoms with E-state index in [1.807, 2.05) is 0 Å². The van der Waals surface area contributed by atoms with E-state index in [2.05, 4.69) is 6.92 Å². The average molecular weight is 186 g/mol. The summed E-state index contributed by atoms with van der Waals surface area (Å²) in [7, 11) is 0. The topological polar surface area (TPSA) is 46.5 Å². The first-order valence-electron chi connectivity index (χ1n) is 5.05. The van der Waals surface area contributed by atoms with Gasteiger partial charge in [0.1, 0.15) is 6.61 Å². The third-order valence-electron chi connectivity index (χ3n) is 2.81. The lowest BCUT2D eigenvalue weighted by molar-refractivity contribution is -0.145. The molecule has 0 aromatic rings. The van der Waals surface area contributed by atoms with Gasteiger partial charge < -0.3 is 9.84 Å². The molecule has 0 aliphatic heterocycles. The van der Waals surface area contributed by atoms with Gasteiger partial charge in [-0.05, 0) is 31.6 Å². The molecule has 0 unspecified atom stereocenters. The second kappa shape index (κ2) is 5.22. The zero-order valence-corrected chi connectivity index (χ0v) is 8.16. The van der Waals surface area contributed by atoms with Gasteiger partial charge in [0.2, 0.25) is 0 Å². The summed E-state index contributed by atoms with van der Waals surface area (Å²) in [5, 5.41) is 8.42. The minimum absolute atomic E-state index is 0.137. The number of carboxylic acids is 1. The molecule has 3 heteroatoms. The van der Waals surface area contributed by atoms with Crippen molar-refractivity contribution in [3.8, 4) is 0 Å². The van der Waals surface area contributed by atoms with E-state index in [4.69, 9.17) is 9.84 Å². The molecule has 0 amide bonds. The fraction of sp³-hybridized carbons (Fsp3) is 0.900. The summed E-state index contributed by atoms with van der Waals surface area (Å²) >= 11 is 0. The van der Waals surface area contributed by atoms with Gasteiger partial charge in [0, 0.05) is 0 Å². The predicted molar refractivity (Wildman–Crippen MR) is 49.6 cm³/mol. The van der Waals surface area contributed by atoms with Crippen LogP contribution >= 0.6 is 0 Å². The lowest BCUT2D eigenvalue weighted by Gasteiger charge is -2.27. The van der Waals surface area contributed by atoms with Gasteiger partial charge in [0.05, 0.1) is 6.10 Å². The van der Waals surface area contributed by atoms with Crippen LogP contribution in [0.15, 0.2) is 0 Å². The molecule has 3 nitrogen and oxygen atoms in total. The Morgan fingerprint density at radius 2 is 2.00 bits per heavy atom. The molecular formula is C10H18O3. The maximum atomic E-state index is 10.2. The third-order valence-corrected chi connectivity index (χ3v) is 2.81. The SMILES string of the molecule is CCC1CCC(OCC(=O)O)CC1. The Balaban J connectivity index is 2.14. The summed E-state index contributed by atoms with van der Waals surface area (Å²) in [6.07, 6.45) is 5.89. The van der Waals surface area contributed by atoms with Gasteiger partial charge in [-0.2, -0.15) is 0 Å². The molecular weight excluding hydrogens is 168 g/mol. The molecule has 0 spiro atoms. The number of carbonyl (C=O) groups is 1. The van der Waals surface area contributed by atoms with Gasteiger partial charge in [0.25, 0.3) is 0 Å². The van der Waals surface area contributed by atoms with Crippen LogP contribution in [-0.4, -0.2) is 23.8 Å². The number of hydrogen-bond acceptors (Lipinski definition) is 2. The lowest BCUT2D eigenvalue weighted by Crippen LogP contribution is -2.23. The molecule has 1 N–H and O–H groups in total. The minimum Gasteiger partial charge on any atom is -0.480 e. The Labute approximate surface area is 79.1 Å². The van der Waals surface area contributed by atoms with Crippen LogP contribution in [0.4, 0.5) is 0 Å². The molecule has 76 valence electrons. The Morgan fingerprint density at radius 1 is 1.38 bits per heavy atom. The first-order chi connectivity index (χ1) is 6.22. The molecule has 0 radical (unpaired) electrons. The normalized spacial score (nSPS) is 28.7. The van der Waals surface area contributed by atoms with Crippen molar-refractivity contribution >= 4 is 5.97 Å². The summed E-state index contributed by atoms with van der Waals surface area (Å²) in [5.41, 5.74) is 0. The zero-order valence-electron chi connectivity index (χ0n) is 8.16. The van der Waals surface area contributed by atoms with Crippen molar-refractivity contribution in [1.29, 1.82) is 0 Å². The van der Waals surface area contributed by atoms with E-state index in [-0.39, 0.29) is 12.7 Å². The quantitative estimate of drug-likeness (QED) is 0.731. The van der Waals surface area contributed by atoms with Crippen molar-refractivity contribution < 1.29 is 14.6 Å². The van der Waals surface area contributed by atoms with E-state index in [0.717, 1.165) is 18.8 Å². The smallest absolute Gasteiger partial charge is 0.329 e. The first kappa shape index (κ1) is 10.5. The molecule has 1 saturated carbocycles. The highest BCUT2D eigenvalue weighted by atomic mass is 16.5. The fourth-order valence-electron chi connectivity index (χ4n) is 1.90.